The molecule has 0 aliphatic heterocycles. The molecule has 0 spiro atoms. The molecule has 6 heteroatoms. The summed E-state index contributed by atoms with van der Waals surface area (Å²) in [6, 6.07) is 12.7. The second-order valence-corrected chi connectivity index (χ2v) is 6.78. The van der Waals surface area contributed by atoms with Gasteiger partial charge >= 0.3 is 18.9 Å². The first-order valence-electron chi connectivity index (χ1n) is 7.45. The number of hydrogen-bond donors (Lipinski definition) is 0. The Bertz CT molecular complexity index is 700. The molecular weight excluding hydrogens is 338 g/mol. The van der Waals surface area contributed by atoms with Crippen molar-refractivity contribution in [1.82, 2.24) is 0 Å². The molecular formula is C18H21ClLiO3P. The summed E-state index contributed by atoms with van der Waals surface area (Å²) in [6.07, 6.45) is 1.06. The molecule has 2 rings (SSSR count). The van der Waals surface area contributed by atoms with Gasteiger partial charge in [0.1, 0.15) is 11.5 Å². The molecule has 0 saturated heterocycles. The molecule has 124 valence electrons. The Hall–Kier alpha value is -0.973. The second kappa shape index (κ2) is 10.1. The summed E-state index contributed by atoms with van der Waals surface area (Å²) in [4.78, 5) is 12.5. The zero-order valence-electron chi connectivity index (χ0n) is 15.4. The summed E-state index contributed by atoms with van der Waals surface area (Å²) in [5.41, 5.74) is 0.573. The van der Waals surface area contributed by atoms with E-state index in [4.69, 9.17) is 21.1 Å². The van der Waals surface area contributed by atoms with Gasteiger partial charge in [-0.3, -0.25) is 4.79 Å². The second-order valence-electron chi connectivity index (χ2n) is 5.13. The molecule has 2 aromatic rings. The van der Waals surface area contributed by atoms with Crippen LogP contribution in [0.25, 0.3) is 0 Å². The third-order valence-electron chi connectivity index (χ3n) is 3.45. The van der Waals surface area contributed by atoms with Crippen molar-refractivity contribution in [3.63, 3.8) is 0 Å². The van der Waals surface area contributed by atoms with Crippen molar-refractivity contribution in [2.24, 2.45) is 0 Å². The van der Waals surface area contributed by atoms with E-state index in [9.17, 15) is 4.79 Å². The van der Waals surface area contributed by atoms with Crippen LogP contribution in [0, 0.1) is 0 Å². The molecule has 2 aromatic carbocycles. The molecule has 0 radical (unpaired) electrons. The van der Waals surface area contributed by atoms with E-state index in [1.54, 1.807) is 25.3 Å². The molecule has 0 aromatic heterocycles. The maximum atomic E-state index is 12.5. The van der Waals surface area contributed by atoms with Gasteiger partial charge in [0.2, 0.25) is 0 Å². The van der Waals surface area contributed by atoms with Crippen LogP contribution in [0.1, 0.15) is 32.1 Å². The van der Waals surface area contributed by atoms with Gasteiger partial charge in [0, 0.05) is 0 Å². The van der Waals surface area contributed by atoms with Crippen LogP contribution >= 0.6 is 20.2 Å². The summed E-state index contributed by atoms with van der Waals surface area (Å²) in [5.74, 6) is 1.31. The van der Waals surface area contributed by atoms with Crippen LogP contribution in [0.3, 0.4) is 0 Å². The van der Waals surface area contributed by atoms with E-state index < -0.39 is 0 Å². The van der Waals surface area contributed by atoms with Crippen LogP contribution in [0.15, 0.2) is 42.5 Å². The Morgan fingerprint density at radius 3 is 2.62 bits per heavy atom. The van der Waals surface area contributed by atoms with E-state index in [1.807, 2.05) is 31.2 Å². The maximum Gasteiger partial charge on any atom is 1.00 e. The van der Waals surface area contributed by atoms with Crippen LogP contribution in [0.2, 0.25) is 5.02 Å². The van der Waals surface area contributed by atoms with Gasteiger partial charge in [0.25, 0.3) is 0 Å². The Kier molecular flexibility index (Phi) is 8.88. The third kappa shape index (κ3) is 5.54. The molecule has 0 amide bonds. The standard InChI is InChI=1S/C18H20ClO3P.Li.H/c1-4-12(2)22-13-9-10-17(15(19)11-13)23-18(20)14-7-5-6-8-16(14)21-3;;/h5-12,23H,4H2,1-3H3;;/q;+1;-1. The van der Waals surface area contributed by atoms with Crippen LogP contribution in [-0.4, -0.2) is 18.7 Å². The van der Waals surface area contributed by atoms with Gasteiger partial charge in [0.05, 0.1) is 23.8 Å². The fourth-order valence-electron chi connectivity index (χ4n) is 2.01. The maximum absolute atomic E-state index is 12.5. The average Bonchev–Trinajstić information content (AvgIpc) is 2.57. The SMILES string of the molecule is CCC(C)Oc1ccc(PC(=O)c2ccccc2OC)c(Cl)c1.[H-].[Li+]. The fraction of sp³-hybridized carbons (Fsp3) is 0.278. The number of methoxy groups -OCH3 is 1. The summed E-state index contributed by atoms with van der Waals surface area (Å²) in [6.45, 7) is 4.07. The van der Waals surface area contributed by atoms with Gasteiger partial charge in [0.15, 0.2) is 5.52 Å². The van der Waals surface area contributed by atoms with Crippen molar-refractivity contribution in [1.29, 1.82) is 0 Å². The van der Waals surface area contributed by atoms with E-state index in [2.05, 4.69) is 6.92 Å². The number of carbonyl (C=O) groups excluding carboxylic acids is 1. The monoisotopic (exact) mass is 358 g/mol. The van der Waals surface area contributed by atoms with E-state index in [0.717, 1.165) is 17.5 Å². The van der Waals surface area contributed by atoms with Gasteiger partial charge in [-0.25, -0.2) is 0 Å². The molecule has 2 atom stereocenters. The Morgan fingerprint density at radius 1 is 1.29 bits per heavy atom. The van der Waals surface area contributed by atoms with Crippen LogP contribution in [-0.2, 0) is 0 Å². The molecule has 0 saturated carbocycles. The van der Waals surface area contributed by atoms with Crippen molar-refractivity contribution in [2.75, 3.05) is 7.11 Å². The Labute approximate surface area is 163 Å². The molecule has 24 heavy (non-hydrogen) atoms. The summed E-state index contributed by atoms with van der Waals surface area (Å²) < 4.78 is 11.0. The molecule has 0 heterocycles. The van der Waals surface area contributed by atoms with Gasteiger partial charge in [-0.2, -0.15) is 0 Å². The Balaban J connectivity index is 0.00000288. The van der Waals surface area contributed by atoms with E-state index in [0.29, 0.717) is 16.3 Å². The van der Waals surface area contributed by atoms with Crippen molar-refractivity contribution in [2.45, 2.75) is 26.4 Å². The quantitative estimate of drug-likeness (QED) is 0.559. The number of benzene rings is 2. The van der Waals surface area contributed by atoms with Crippen molar-refractivity contribution >= 4 is 31.0 Å². The molecule has 0 bridgehead atoms. The van der Waals surface area contributed by atoms with Crippen LogP contribution in [0.5, 0.6) is 11.5 Å². The number of hydrogen-bond acceptors (Lipinski definition) is 3. The summed E-state index contributed by atoms with van der Waals surface area (Å²) in [5, 5.41) is 1.35. The molecule has 3 nitrogen and oxygen atoms in total. The first kappa shape index (κ1) is 21.1. The molecule has 2 unspecified atom stereocenters. The first-order valence-corrected chi connectivity index (χ1v) is 8.83. The van der Waals surface area contributed by atoms with Crippen molar-refractivity contribution in [3.8, 4) is 11.5 Å². The van der Waals surface area contributed by atoms with E-state index in [-0.39, 0.29) is 40.5 Å². The summed E-state index contributed by atoms with van der Waals surface area (Å²) in [7, 11) is 1.50. The minimum absolute atomic E-state index is 0. The van der Waals surface area contributed by atoms with Crippen LogP contribution in [0.4, 0.5) is 0 Å². The molecule has 0 aliphatic carbocycles. The first-order chi connectivity index (χ1) is 11.0. The van der Waals surface area contributed by atoms with Crippen LogP contribution < -0.4 is 33.6 Å². The fourth-order valence-corrected chi connectivity index (χ4v) is 3.26. The number of halogens is 1. The predicted octanol–water partition coefficient (Wildman–Crippen LogP) is 1.79. The number of para-hydroxylation sites is 1. The van der Waals surface area contributed by atoms with E-state index in [1.165, 1.54) is 0 Å². The van der Waals surface area contributed by atoms with Crippen molar-refractivity contribution in [3.05, 3.63) is 53.1 Å². The summed E-state index contributed by atoms with van der Waals surface area (Å²) >= 11 is 6.30. The van der Waals surface area contributed by atoms with Gasteiger partial charge < -0.3 is 10.9 Å². The van der Waals surface area contributed by atoms with Gasteiger partial charge in [-0.05, 0) is 57.6 Å². The van der Waals surface area contributed by atoms with Gasteiger partial charge in [-0.15, -0.1) is 0 Å². The Morgan fingerprint density at radius 2 is 2.00 bits per heavy atom. The smallest absolute Gasteiger partial charge is 1.00 e. The normalized spacial score (nSPS) is 11.8. The topological polar surface area (TPSA) is 35.5 Å². The predicted molar refractivity (Wildman–Crippen MR) is 98.2 cm³/mol. The molecule has 0 N–H and O–H groups in total. The molecule has 0 aliphatic rings. The van der Waals surface area contributed by atoms with Crippen molar-refractivity contribution < 1.29 is 34.6 Å². The number of ether oxygens (including phenoxy) is 2. The zero-order valence-corrected chi connectivity index (χ0v) is 16.2. The number of rotatable bonds is 7. The third-order valence-corrected chi connectivity index (χ3v) is 5.13. The number of carbonyl (C=O) groups is 1. The largest absolute Gasteiger partial charge is 1.00 e. The minimum Gasteiger partial charge on any atom is -1.00 e. The minimum atomic E-state index is -0.0599. The zero-order chi connectivity index (χ0) is 16.8. The van der Waals surface area contributed by atoms with E-state index >= 15 is 0 Å². The average molecular weight is 359 g/mol. The van der Waals surface area contributed by atoms with Gasteiger partial charge in [-0.1, -0.05) is 30.7 Å². The molecule has 0 fully saturated rings.